The van der Waals surface area contributed by atoms with E-state index in [9.17, 15) is 4.79 Å². The number of rotatable bonds is 9. The van der Waals surface area contributed by atoms with Crippen LogP contribution in [-0.4, -0.2) is 35.0 Å². The molecule has 0 bridgehead atoms. The first-order chi connectivity index (χ1) is 9.67. The SMILES string of the molecule is CCCNc1cccc(C(=O)NC(C)CCSCC)n1. The van der Waals surface area contributed by atoms with Crippen molar-refractivity contribution in [2.75, 3.05) is 23.4 Å². The summed E-state index contributed by atoms with van der Waals surface area (Å²) in [5.74, 6) is 2.85. The first-order valence-corrected chi connectivity index (χ1v) is 8.42. The van der Waals surface area contributed by atoms with Crippen LogP contribution in [0.2, 0.25) is 0 Å². The molecule has 1 heterocycles. The number of hydrogen-bond donors (Lipinski definition) is 2. The minimum absolute atomic E-state index is 0.0980. The standard InChI is InChI=1S/C15H25N3OS/c1-4-10-16-14-8-6-7-13(18-14)15(19)17-12(3)9-11-20-5-2/h6-8,12H,4-5,9-11H2,1-3H3,(H,16,18)(H,17,19). The molecule has 0 aliphatic carbocycles. The van der Waals surface area contributed by atoms with E-state index >= 15 is 0 Å². The third-order valence-electron chi connectivity index (χ3n) is 2.81. The number of anilines is 1. The molecule has 1 unspecified atom stereocenters. The lowest BCUT2D eigenvalue weighted by Gasteiger charge is -2.13. The Morgan fingerprint density at radius 3 is 2.90 bits per heavy atom. The van der Waals surface area contributed by atoms with E-state index in [0.717, 1.165) is 36.7 Å². The van der Waals surface area contributed by atoms with Crippen molar-refractivity contribution >= 4 is 23.5 Å². The highest BCUT2D eigenvalue weighted by molar-refractivity contribution is 7.99. The van der Waals surface area contributed by atoms with Crippen LogP contribution < -0.4 is 10.6 Å². The molecular weight excluding hydrogens is 270 g/mol. The maximum atomic E-state index is 12.1. The Hall–Kier alpha value is -1.23. The van der Waals surface area contributed by atoms with E-state index < -0.39 is 0 Å². The van der Waals surface area contributed by atoms with Crippen LogP contribution in [0.25, 0.3) is 0 Å². The van der Waals surface area contributed by atoms with Crippen molar-refractivity contribution in [1.29, 1.82) is 0 Å². The molecule has 1 atom stereocenters. The number of aromatic nitrogens is 1. The first kappa shape index (κ1) is 16.8. The number of amides is 1. The van der Waals surface area contributed by atoms with Gasteiger partial charge in [-0.2, -0.15) is 11.8 Å². The van der Waals surface area contributed by atoms with Gasteiger partial charge in [0.25, 0.3) is 5.91 Å². The molecule has 0 aliphatic heterocycles. The van der Waals surface area contributed by atoms with Crippen molar-refractivity contribution in [2.24, 2.45) is 0 Å². The van der Waals surface area contributed by atoms with Crippen LogP contribution in [0.1, 0.15) is 44.1 Å². The lowest BCUT2D eigenvalue weighted by molar-refractivity contribution is 0.0934. The lowest BCUT2D eigenvalue weighted by Crippen LogP contribution is -2.33. The van der Waals surface area contributed by atoms with Crippen LogP contribution in [0.3, 0.4) is 0 Å². The molecule has 5 heteroatoms. The molecule has 0 radical (unpaired) electrons. The van der Waals surface area contributed by atoms with Crippen molar-refractivity contribution in [3.05, 3.63) is 23.9 Å². The molecule has 20 heavy (non-hydrogen) atoms. The number of thioether (sulfide) groups is 1. The normalized spacial score (nSPS) is 11.9. The van der Waals surface area contributed by atoms with Gasteiger partial charge in [-0.25, -0.2) is 4.98 Å². The van der Waals surface area contributed by atoms with Gasteiger partial charge in [-0.05, 0) is 43.4 Å². The van der Waals surface area contributed by atoms with Crippen LogP contribution in [-0.2, 0) is 0 Å². The number of carbonyl (C=O) groups excluding carboxylic acids is 1. The molecule has 2 N–H and O–H groups in total. The molecule has 0 aromatic carbocycles. The van der Waals surface area contributed by atoms with E-state index in [1.54, 1.807) is 6.07 Å². The molecule has 0 spiro atoms. The Balaban J connectivity index is 2.49. The lowest BCUT2D eigenvalue weighted by atomic mass is 10.2. The quantitative estimate of drug-likeness (QED) is 0.687. The van der Waals surface area contributed by atoms with E-state index in [1.807, 2.05) is 30.8 Å². The molecule has 0 aliphatic rings. The second kappa shape index (κ2) is 9.64. The van der Waals surface area contributed by atoms with Crippen molar-refractivity contribution in [3.8, 4) is 0 Å². The minimum atomic E-state index is -0.0980. The molecule has 1 amide bonds. The molecule has 1 aromatic heterocycles. The summed E-state index contributed by atoms with van der Waals surface area (Å²) in [4.78, 5) is 16.4. The van der Waals surface area contributed by atoms with Gasteiger partial charge >= 0.3 is 0 Å². The summed E-state index contributed by atoms with van der Waals surface area (Å²) >= 11 is 1.89. The highest BCUT2D eigenvalue weighted by Gasteiger charge is 2.11. The topological polar surface area (TPSA) is 54.0 Å². The van der Waals surface area contributed by atoms with Gasteiger partial charge in [0.15, 0.2) is 0 Å². The van der Waals surface area contributed by atoms with Gasteiger partial charge in [0, 0.05) is 12.6 Å². The summed E-state index contributed by atoms with van der Waals surface area (Å²) in [5.41, 5.74) is 0.473. The molecule has 1 rings (SSSR count). The van der Waals surface area contributed by atoms with Crippen LogP contribution >= 0.6 is 11.8 Å². The van der Waals surface area contributed by atoms with Crippen molar-refractivity contribution in [3.63, 3.8) is 0 Å². The van der Waals surface area contributed by atoms with Gasteiger partial charge in [0.2, 0.25) is 0 Å². The zero-order valence-electron chi connectivity index (χ0n) is 12.6. The van der Waals surface area contributed by atoms with E-state index in [4.69, 9.17) is 0 Å². The Kier molecular flexibility index (Phi) is 8.11. The second-order valence-corrected chi connectivity index (χ2v) is 6.09. The minimum Gasteiger partial charge on any atom is -0.370 e. The zero-order valence-corrected chi connectivity index (χ0v) is 13.4. The summed E-state index contributed by atoms with van der Waals surface area (Å²) in [6.45, 7) is 7.14. The van der Waals surface area contributed by atoms with E-state index in [0.29, 0.717) is 5.69 Å². The second-order valence-electron chi connectivity index (χ2n) is 4.69. The number of nitrogens with zero attached hydrogens (tertiary/aromatic N) is 1. The van der Waals surface area contributed by atoms with Gasteiger partial charge in [0.05, 0.1) is 0 Å². The average Bonchev–Trinajstić information content (AvgIpc) is 2.45. The molecule has 1 aromatic rings. The van der Waals surface area contributed by atoms with Crippen LogP contribution in [0, 0.1) is 0 Å². The van der Waals surface area contributed by atoms with E-state index in [1.165, 1.54) is 0 Å². The van der Waals surface area contributed by atoms with Crippen LogP contribution in [0.4, 0.5) is 5.82 Å². The summed E-state index contributed by atoms with van der Waals surface area (Å²) in [6.07, 6.45) is 2.02. The van der Waals surface area contributed by atoms with Gasteiger partial charge < -0.3 is 10.6 Å². The maximum absolute atomic E-state index is 12.1. The summed E-state index contributed by atoms with van der Waals surface area (Å²) in [7, 11) is 0. The van der Waals surface area contributed by atoms with Gasteiger partial charge in [-0.15, -0.1) is 0 Å². The monoisotopic (exact) mass is 295 g/mol. The zero-order chi connectivity index (χ0) is 14.8. The third-order valence-corrected chi connectivity index (χ3v) is 3.75. The third kappa shape index (κ3) is 6.28. The average molecular weight is 295 g/mol. The maximum Gasteiger partial charge on any atom is 0.270 e. The predicted molar refractivity (Wildman–Crippen MR) is 87.6 cm³/mol. The summed E-state index contributed by atoms with van der Waals surface area (Å²) in [6, 6.07) is 5.67. The van der Waals surface area contributed by atoms with Gasteiger partial charge in [-0.1, -0.05) is 19.9 Å². The number of hydrogen-bond acceptors (Lipinski definition) is 4. The summed E-state index contributed by atoms with van der Waals surface area (Å²) in [5, 5.41) is 6.19. The Morgan fingerprint density at radius 2 is 2.20 bits per heavy atom. The fourth-order valence-electron chi connectivity index (χ4n) is 1.69. The Morgan fingerprint density at radius 1 is 1.40 bits per heavy atom. The number of pyridine rings is 1. The number of carbonyl (C=O) groups is 1. The smallest absolute Gasteiger partial charge is 0.270 e. The predicted octanol–water partition coefficient (Wildman–Crippen LogP) is 3.17. The molecule has 0 saturated carbocycles. The van der Waals surface area contributed by atoms with Crippen LogP contribution in [0.15, 0.2) is 18.2 Å². The van der Waals surface area contributed by atoms with Gasteiger partial charge in [0.1, 0.15) is 11.5 Å². The van der Waals surface area contributed by atoms with Gasteiger partial charge in [-0.3, -0.25) is 4.79 Å². The van der Waals surface area contributed by atoms with Crippen molar-refractivity contribution in [2.45, 2.75) is 39.7 Å². The highest BCUT2D eigenvalue weighted by Crippen LogP contribution is 2.07. The Labute approximate surface area is 126 Å². The number of nitrogens with one attached hydrogen (secondary N) is 2. The largest absolute Gasteiger partial charge is 0.370 e. The van der Waals surface area contributed by atoms with Crippen molar-refractivity contribution < 1.29 is 4.79 Å². The molecular formula is C15H25N3OS. The molecule has 112 valence electrons. The summed E-state index contributed by atoms with van der Waals surface area (Å²) < 4.78 is 0. The fraction of sp³-hybridized carbons (Fsp3) is 0.600. The molecule has 4 nitrogen and oxygen atoms in total. The molecule has 0 saturated heterocycles. The van der Waals surface area contributed by atoms with Crippen LogP contribution in [0.5, 0.6) is 0 Å². The molecule has 0 fully saturated rings. The van der Waals surface area contributed by atoms with E-state index in [2.05, 4.69) is 29.5 Å². The first-order valence-electron chi connectivity index (χ1n) is 7.26. The fourth-order valence-corrected chi connectivity index (χ4v) is 2.50. The van der Waals surface area contributed by atoms with Crippen molar-refractivity contribution in [1.82, 2.24) is 10.3 Å². The highest BCUT2D eigenvalue weighted by atomic mass is 32.2. The Bertz CT molecular complexity index is 412. The van der Waals surface area contributed by atoms with E-state index in [-0.39, 0.29) is 11.9 Å².